The number of hydrogen-bond acceptors (Lipinski definition) is 2. The number of aromatic carboxylic acids is 1. The van der Waals surface area contributed by atoms with Gasteiger partial charge < -0.3 is 5.11 Å². The van der Waals surface area contributed by atoms with Crippen LogP contribution in [0, 0.1) is 11.3 Å². The van der Waals surface area contributed by atoms with E-state index in [2.05, 4.69) is 22.0 Å². The average Bonchev–Trinajstić information content (AvgIpc) is 2.77. The molecule has 0 aromatic heterocycles. The van der Waals surface area contributed by atoms with Crippen LogP contribution >= 0.6 is 15.9 Å². The Kier molecular flexibility index (Phi) is 2.65. The first kappa shape index (κ1) is 11.9. The average molecular weight is 314 g/mol. The Hall–Kier alpha value is -2.12. The molecular formula is C15H8BrNO2. The first-order chi connectivity index (χ1) is 9.11. The van der Waals surface area contributed by atoms with Crippen molar-refractivity contribution in [2.45, 2.75) is 6.42 Å². The third-order valence-corrected chi connectivity index (χ3v) is 4.02. The monoisotopic (exact) mass is 313 g/mol. The van der Waals surface area contributed by atoms with Crippen molar-refractivity contribution in [1.82, 2.24) is 0 Å². The van der Waals surface area contributed by atoms with Crippen molar-refractivity contribution in [2.75, 3.05) is 0 Å². The summed E-state index contributed by atoms with van der Waals surface area (Å²) < 4.78 is 0.885. The molecule has 0 amide bonds. The molecule has 0 spiro atoms. The van der Waals surface area contributed by atoms with Crippen molar-refractivity contribution >= 4 is 21.9 Å². The van der Waals surface area contributed by atoms with Gasteiger partial charge in [0.15, 0.2) is 0 Å². The van der Waals surface area contributed by atoms with Crippen molar-refractivity contribution in [2.24, 2.45) is 0 Å². The number of nitriles is 1. The number of fused-ring (bicyclic) bond motifs is 3. The molecule has 0 saturated carbocycles. The predicted octanol–water partition coefficient (Wildman–Crippen LogP) is 3.59. The number of carboxylic acid groups (broad SMARTS) is 1. The first-order valence-electron chi connectivity index (χ1n) is 5.70. The van der Waals surface area contributed by atoms with Gasteiger partial charge in [-0.1, -0.05) is 22.0 Å². The summed E-state index contributed by atoms with van der Waals surface area (Å²) >= 11 is 3.48. The largest absolute Gasteiger partial charge is 0.478 e. The maximum atomic E-state index is 11.3. The molecule has 1 N–H and O–H groups in total. The number of hydrogen-bond donors (Lipinski definition) is 1. The summed E-state index contributed by atoms with van der Waals surface area (Å²) in [4.78, 5) is 11.3. The quantitative estimate of drug-likeness (QED) is 0.746. The standard InChI is InChI=1S/C15H8BrNO2/c16-13-4-3-11(15(18)19)12-6-9-5-8(7-17)1-2-10(9)14(12)13/h1-5H,6H2,(H,18,19). The van der Waals surface area contributed by atoms with Gasteiger partial charge in [0.25, 0.3) is 0 Å². The van der Waals surface area contributed by atoms with Crippen LogP contribution in [0.25, 0.3) is 11.1 Å². The second-order valence-electron chi connectivity index (χ2n) is 4.41. The molecule has 0 aliphatic heterocycles. The van der Waals surface area contributed by atoms with Gasteiger partial charge in [-0.15, -0.1) is 0 Å². The van der Waals surface area contributed by atoms with E-state index in [0.29, 0.717) is 17.5 Å². The zero-order valence-corrected chi connectivity index (χ0v) is 11.4. The van der Waals surface area contributed by atoms with Gasteiger partial charge >= 0.3 is 5.97 Å². The molecule has 0 heterocycles. The fourth-order valence-electron chi connectivity index (χ4n) is 2.54. The van der Waals surface area contributed by atoms with Gasteiger partial charge in [-0.05, 0) is 47.4 Å². The Morgan fingerprint density at radius 1 is 1.32 bits per heavy atom. The van der Waals surface area contributed by atoms with Gasteiger partial charge in [0.2, 0.25) is 0 Å². The SMILES string of the molecule is N#Cc1ccc2c(c1)Cc1c(C(=O)O)ccc(Br)c1-2. The molecule has 0 saturated heterocycles. The van der Waals surface area contributed by atoms with Crippen LogP contribution in [-0.2, 0) is 6.42 Å². The molecule has 4 heteroatoms. The zero-order valence-electron chi connectivity index (χ0n) is 9.77. The van der Waals surface area contributed by atoms with E-state index in [4.69, 9.17) is 5.26 Å². The number of rotatable bonds is 1. The van der Waals surface area contributed by atoms with Crippen molar-refractivity contribution in [3.63, 3.8) is 0 Å². The minimum Gasteiger partial charge on any atom is -0.478 e. The summed E-state index contributed by atoms with van der Waals surface area (Å²) in [7, 11) is 0. The van der Waals surface area contributed by atoms with E-state index in [1.165, 1.54) is 0 Å². The molecule has 1 aliphatic carbocycles. The van der Waals surface area contributed by atoms with Crippen LogP contribution in [0.5, 0.6) is 0 Å². The molecule has 3 rings (SSSR count). The Morgan fingerprint density at radius 2 is 2.11 bits per heavy atom. The second kappa shape index (κ2) is 4.22. The number of nitrogens with zero attached hydrogens (tertiary/aromatic N) is 1. The summed E-state index contributed by atoms with van der Waals surface area (Å²) in [5.74, 6) is -0.919. The van der Waals surface area contributed by atoms with Gasteiger partial charge in [0.05, 0.1) is 17.2 Å². The highest BCUT2D eigenvalue weighted by Gasteiger charge is 2.25. The Bertz CT molecular complexity index is 759. The zero-order chi connectivity index (χ0) is 13.6. The minimum absolute atomic E-state index is 0.327. The molecular weight excluding hydrogens is 306 g/mol. The molecule has 19 heavy (non-hydrogen) atoms. The predicted molar refractivity (Wildman–Crippen MR) is 74.1 cm³/mol. The Morgan fingerprint density at radius 3 is 2.79 bits per heavy atom. The van der Waals surface area contributed by atoms with E-state index in [1.54, 1.807) is 18.2 Å². The fourth-order valence-corrected chi connectivity index (χ4v) is 3.12. The highest BCUT2D eigenvalue weighted by atomic mass is 79.9. The molecule has 2 aromatic carbocycles. The van der Waals surface area contributed by atoms with Crippen LogP contribution in [0.3, 0.4) is 0 Å². The number of carbonyl (C=O) groups is 1. The van der Waals surface area contributed by atoms with E-state index in [0.717, 1.165) is 26.7 Å². The van der Waals surface area contributed by atoms with Crippen LogP contribution in [-0.4, -0.2) is 11.1 Å². The van der Waals surface area contributed by atoms with Gasteiger partial charge in [-0.3, -0.25) is 0 Å². The molecule has 0 atom stereocenters. The van der Waals surface area contributed by atoms with E-state index in [1.807, 2.05) is 12.1 Å². The number of halogens is 1. The Labute approximate surface area is 118 Å². The van der Waals surface area contributed by atoms with Crippen LogP contribution in [0.2, 0.25) is 0 Å². The summed E-state index contributed by atoms with van der Waals surface area (Å²) in [6.07, 6.45) is 0.557. The van der Waals surface area contributed by atoms with Crippen molar-refractivity contribution in [1.29, 1.82) is 5.26 Å². The smallest absolute Gasteiger partial charge is 0.335 e. The molecule has 92 valence electrons. The molecule has 1 aliphatic rings. The minimum atomic E-state index is -0.919. The molecule has 0 bridgehead atoms. The van der Waals surface area contributed by atoms with E-state index < -0.39 is 5.97 Å². The van der Waals surface area contributed by atoms with E-state index >= 15 is 0 Å². The summed E-state index contributed by atoms with van der Waals surface area (Å²) in [5.41, 5.74) is 4.67. The molecule has 0 unspecified atom stereocenters. The molecule has 2 aromatic rings. The topological polar surface area (TPSA) is 61.1 Å². The Balaban J connectivity index is 2.28. The lowest BCUT2D eigenvalue weighted by Gasteiger charge is -2.07. The fraction of sp³-hybridized carbons (Fsp3) is 0.0667. The van der Waals surface area contributed by atoms with Gasteiger partial charge in [-0.25, -0.2) is 4.79 Å². The summed E-state index contributed by atoms with van der Waals surface area (Å²) in [6, 6.07) is 10.9. The normalized spacial score (nSPS) is 11.6. The van der Waals surface area contributed by atoms with Gasteiger partial charge in [0, 0.05) is 10.0 Å². The van der Waals surface area contributed by atoms with Crippen LogP contribution in [0.4, 0.5) is 0 Å². The highest BCUT2D eigenvalue weighted by molar-refractivity contribution is 9.10. The third-order valence-electron chi connectivity index (χ3n) is 3.36. The van der Waals surface area contributed by atoms with Crippen molar-refractivity contribution < 1.29 is 9.90 Å². The highest BCUT2D eigenvalue weighted by Crippen LogP contribution is 2.43. The molecule has 3 nitrogen and oxygen atoms in total. The van der Waals surface area contributed by atoms with Crippen LogP contribution in [0.1, 0.15) is 27.0 Å². The van der Waals surface area contributed by atoms with Crippen molar-refractivity contribution in [3.8, 4) is 17.2 Å². The van der Waals surface area contributed by atoms with E-state index in [9.17, 15) is 9.90 Å². The maximum Gasteiger partial charge on any atom is 0.335 e. The van der Waals surface area contributed by atoms with Crippen LogP contribution in [0.15, 0.2) is 34.8 Å². The molecule has 0 fully saturated rings. The molecule has 0 radical (unpaired) electrons. The van der Waals surface area contributed by atoms with Gasteiger partial charge in [-0.2, -0.15) is 5.26 Å². The lowest BCUT2D eigenvalue weighted by Crippen LogP contribution is -2.01. The number of carboxylic acids is 1. The second-order valence-corrected chi connectivity index (χ2v) is 5.27. The van der Waals surface area contributed by atoms with Gasteiger partial charge in [0.1, 0.15) is 0 Å². The lowest BCUT2D eigenvalue weighted by molar-refractivity contribution is 0.0696. The van der Waals surface area contributed by atoms with E-state index in [-0.39, 0.29) is 0 Å². The summed E-state index contributed by atoms with van der Waals surface area (Å²) in [6.45, 7) is 0. The first-order valence-corrected chi connectivity index (χ1v) is 6.49. The van der Waals surface area contributed by atoms with Crippen LogP contribution < -0.4 is 0 Å². The maximum absolute atomic E-state index is 11.3. The lowest BCUT2D eigenvalue weighted by atomic mass is 10.0. The number of benzene rings is 2. The summed E-state index contributed by atoms with van der Waals surface area (Å²) in [5, 5.41) is 18.2. The van der Waals surface area contributed by atoms with Crippen molar-refractivity contribution in [3.05, 3.63) is 57.1 Å². The third kappa shape index (κ3) is 1.74.